The first-order valence-corrected chi connectivity index (χ1v) is 8.39. The van der Waals surface area contributed by atoms with Gasteiger partial charge in [-0.3, -0.25) is 4.90 Å². The van der Waals surface area contributed by atoms with Gasteiger partial charge in [-0.05, 0) is 18.9 Å². The average molecular weight is 341 g/mol. The summed E-state index contributed by atoms with van der Waals surface area (Å²) in [5, 5.41) is 9.73. The first-order valence-electron chi connectivity index (χ1n) is 8.39. The van der Waals surface area contributed by atoms with Crippen LogP contribution in [0.25, 0.3) is 6.08 Å². The second-order valence-corrected chi connectivity index (χ2v) is 6.25. The number of benzene rings is 1. The number of aromatic nitrogens is 2. The monoisotopic (exact) mass is 341 g/mol. The number of carbonyl (C=O) groups is 1. The number of hydrogen-bond donors (Lipinski definition) is 1. The molecule has 132 valence electrons. The number of imidazole rings is 1. The van der Waals surface area contributed by atoms with E-state index in [-0.39, 0.29) is 0 Å². The number of para-hydroxylation sites is 1. The van der Waals surface area contributed by atoms with E-state index in [1.54, 1.807) is 30.4 Å². The molecule has 0 spiro atoms. The zero-order valence-corrected chi connectivity index (χ0v) is 14.3. The molecule has 1 aromatic heterocycles. The average Bonchev–Trinajstić information content (AvgIpc) is 3.18. The molecule has 6 nitrogen and oxygen atoms in total. The normalized spacial score (nSPS) is 17.6. The summed E-state index contributed by atoms with van der Waals surface area (Å²) in [5.74, 6) is 0.0668. The van der Waals surface area contributed by atoms with Crippen molar-refractivity contribution in [2.24, 2.45) is 0 Å². The molecule has 3 rings (SSSR count). The third-order valence-electron chi connectivity index (χ3n) is 4.88. The Morgan fingerprint density at radius 3 is 2.76 bits per heavy atom. The van der Waals surface area contributed by atoms with Gasteiger partial charge in [0.05, 0.1) is 13.4 Å². The van der Waals surface area contributed by atoms with Crippen LogP contribution in [0.2, 0.25) is 0 Å². The van der Waals surface area contributed by atoms with Gasteiger partial charge in [-0.1, -0.05) is 30.4 Å². The lowest BCUT2D eigenvalue weighted by molar-refractivity contribution is -0.150. The third kappa shape index (κ3) is 3.58. The molecule has 1 aliphatic heterocycles. The van der Waals surface area contributed by atoms with E-state index in [2.05, 4.69) is 16.0 Å². The summed E-state index contributed by atoms with van der Waals surface area (Å²) >= 11 is 0. The number of carboxylic acids is 1. The van der Waals surface area contributed by atoms with Crippen molar-refractivity contribution in [2.75, 3.05) is 26.7 Å². The number of rotatable bonds is 6. The molecule has 1 N–H and O–H groups in total. The van der Waals surface area contributed by atoms with Crippen molar-refractivity contribution in [1.29, 1.82) is 0 Å². The number of aliphatic carboxylic acids is 1. The molecule has 1 fully saturated rings. The minimum Gasteiger partial charge on any atom is -0.496 e. The van der Waals surface area contributed by atoms with Gasteiger partial charge in [0.2, 0.25) is 0 Å². The molecule has 0 amide bonds. The van der Waals surface area contributed by atoms with Crippen LogP contribution in [0.3, 0.4) is 0 Å². The summed E-state index contributed by atoms with van der Waals surface area (Å²) in [6, 6.07) is 7.88. The molecule has 25 heavy (non-hydrogen) atoms. The topological polar surface area (TPSA) is 67.6 Å². The Kier molecular flexibility index (Phi) is 5.19. The molecule has 2 aromatic rings. The Morgan fingerprint density at radius 2 is 2.12 bits per heavy atom. The van der Waals surface area contributed by atoms with E-state index in [9.17, 15) is 9.90 Å². The number of ether oxygens (including phenoxy) is 1. The summed E-state index contributed by atoms with van der Waals surface area (Å²) in [6.45, 7) is 2.26. The van der Waals surface area contributed by atoms with Crippen LogP contribution in [0.5, 0.6) is 5.75 Å². The van der Waals surface area contributed by atoms with E-state index in [4.69, 9.17) is 4.74 Å². The fraction of sp³-hybridized carbons (Fsp3) is 0.368. The predicted molar refractivity (Wildman–Crippen MR) is 95.5 cm³/mol. The second-order valence-electron chi connectivity index (χ2n) is 6.25. The van der Waals surface area contributed by atoms with Crippen molar-refractivity contribution >= 4 is 12.0 Å². The van der Waals surface area contributed by atoms with Crippen LogP contribution in [0.15, 0.2) is 49.1 Å². The minimum absolute atomic E-state index is 0.571. The lowest BCUT2D eigenvalue weighted by Crippen LogP contribution is -2.50. The van der Waals surface area contributed by atoms with Gasteiger partial charge in [-0.2, -0.15) is 0 Å². The van der Waals surface area contributed by atoms with Gasteiger partial charge in [0.25, 0.3) is 0 Å². The second kappa shape index (κ2) is 7.53. The van der Waals surface area contributed by atoms with Gasteiger partial charge in [0, 0.05) is 37.6 Å². The maximum absolute atomic E-state index is 11.9. The number of hydrogen-bond acceptors (Lipinski definition) is 4. The Balaban J connectivity index is 1.61. The number of methoxy groups -OCH3 is 1. The van der Waals surface area contributed by atoms with E-state index in [0.717, 1.165) is 30.9 Å². The lowest BCUT2D eigenvalue weighted by atomic mass is 9.87. The van der Waals surface area contributed by atoms with Crippen molar-refractivity contribution in [1.82, 2.24) is 14.5 Å². The van der Waals surface area contributed by atoms with Crippen LogP contribution < -0.4 is 4.74 Å². The van der Waals surface area contributed by atoms with Crippen LogP contribution in [-0.4, -0.2) is 52.3 Å². The fourth-order valence-corrected chi connectivity index (χ4v) is 3.33. The van der Waals surface area contributed by atoms with Crippen LogP contribution in [0, 0.1) is 0 Å². The highest BCUT2D eigenvalue weighted by molar-refractivity contribution is 5.77. The Morgan fingerprint density at radius 1 is 1.36 bits per heavy atom. The maximum Gasteiger partial charge on any atom is 0.330 e. The van der Waals surface area contributed by atoms with Crippen LogP contribution in [0.4, 0.5) is 0 Å². The smallest absolute Gasteiger partial charge is 0.330 e. The zero-order valence-electron chi connectivity index (χ0n) is 14.3. The van der Waals surface area contributed by atoms with E-state index >= 15 is 0 Å². The SMILES string of the molecule is COc1ccccc1/C=C/CN1CCC(C(=O)O)(n2ccnc2)CC1. The number of nitrogens with zero attached hydrogens (tertiary/aromatic N) is 3. The molecule has 1 aromatic carbocycles. The Bertz CT molecular complexity index is 732. The number of carboxylic acid groups (broad SMARTS) is 1. The van der Waals surface area contributed by atoms with Gasteiger partial charge in [0.1, 0.15) is 11.3 Å². The number of piperidine rings is 1. The van der Waals surface area contributed by atoms with Gasteiger partial charge in [-0.15, -0.1) is 0 Å². The molecule has 0 radical (unpaired) electrons. The quantitative estimate of drug-likeness (QED) is 0.874. The highest BCUT2D eigenvalue weighted by Crippen LogP contribution is 2.30. The van der Waals surface area contributed by atoms with Crippen molar-refractivity contribution in [3.8, 4) is 5.75 Å². The first kappa shape index (κ1) is 17.2. The zero-order chi connectivity index (χ0) is 17.7. The van der Waals surface area contributed by atoms with Gasteiger partial charge >= 0.3 is 5.97 Å². The molecular weight excluding hydrogens is 318 g/mol. The summed E-state index contributed by atoms with van der Waals surface area (Å²) in [7, 11) is 1.67. The highest BCUT2D eigenvalue weighted by Gasteiger charge is 2.42. The molecule has 2 heterocycles. The van der Waals surface area contributed by atoms with Crippen molar-refractivity contribution < 1.29 is 14.6 Å². The van der Waals surface area contributed by atoms with E-state index in [1.807, 2.05) is 30.3 Å². The van der Waals surface area contributed by atoms with Gasteiger partial charge in [0.15, 0.2) is 0 Å². The molecule has 6 heteroatoms. The van der Waals surface area contributed by atoms with Crippen molar-refractivity contribution in [3.63, 3.8) is 0 Å². The fourth-order valence-electron chi connectivity index (χ4n) is 3.33. The molecule has 0 unspecified atom stereocenters. The van der Waals surface area contributed by atoms with Gasteiger partial charge < -0.3 is 14.4 Å². The molecule has 1 aliphatic rings. The molecule has 0 saturated carbocycles. The van der Waals surface area contributed by atoms with E-state index < -0.39 is 11.5 Å². The Labute approximate surface area is 147 Å². The maximum atomic E-state index is 11.9. The summed E-state index contributed by atoms with van der Waals surface area (Å²) in [6.07, 6.45) is 10.3. The number of likely N-dealkylation sites (tertiary alicyclic amines) is 1. The highest BCUT2D eigenvalue weighted by atomic mass is 16.5. The molecular formula is C19H23N3O3. The first-order chi connectivity index (χ1) is 12.2. The molecule has 0 atom stereocenters. The minimum atomic E-state index is -0.876. The predicted octanol–water partition coefficient (Wildman–Crippen LogP) is 2.48. The van der Waals surface area contributed by atoms with Crippen LogP contribution in [0.1, 0.15) is 18.4 Å². The van der Waals surface area contributed by atoms with Crippen LogP contribution in [-0.2, 0) is 10.3 Å². The molecule has 0 aliphatic carbocycles. The largest absolute Gasteiger partial charge is 0.496 e. The summed E-state index contributed by atoms with van der Waals surface area (Å²) in [5.41, 5.74) is 0.166. The van der Waals surface area contributed by atoms with Crippen molar-refractivity contribution in [2.45, 2.75) is 18.4 Å². The summed E-state index contributed by atoms with van der Waals surface area (Å²) < 4.78 is 7.08. The lowest BCUT2D eigenvalue weighted by Gasteiger charge is -2.39. The van der Waals surface area contributed by atoms with Gasteiger partial charge in [-0.25, -0.2) is 9.78 Å². The third-order valence-corrected chi connectivity index (χ3v) is 4.88. The standard InChI is InChI=1S/C19H23N3O3/c1-25-17-7-3-2-5-16(17)6-4-11-21-12-8-19(9-13-21,18(23)24)22-14-10-20-15-22/h2-7,10,14-15H,8-9,11-13H2,1H3,(H,23,24)/b6-4+. The molecule has 0 bridgehead atoms. The molecule has 1 saturated heterocycles. The summed E-state index contributed by atoms with van der Waals surface area (Å²) in [4.78, 5) is 18.1. The van der Waals surface area contributed by atoms with E-state index in [1.165, 1.54) is 0 Å². The van der Waals surface area contributed by atoms with E-state index in [0.29, 0.717) is 12.8 Å². The van der Waals surface area contributed by atoms with Crippen LogP contribution >= 0.6 is 0 Å². The van der Waals surface area contributed by atoms with Crippen molar-refractivity contribution in [3.05, 3.63) is 54.6 Å². The Hall–Kier alpha value is -2.60.